The molecule has 2 aromatic rings. The van der Waals surface area contributed by atoms with Crippen LogP contribution in [-0.2, 0) is 6.42 Å². The van der Waals surface area contributed by atoms with Crippen LogP contribution in [0.2, 0.25) is 0 Å². The number of fused-ring (bicyclic) bond motifs is 1. The molecule has 0 fully saturated rings. The zero-order valence-corrected chi connectivity index (χ0v) is 12.3. The van der Waals surface area contributed by atoms with E-state index in [0.717, 1.165) is 12.0 Å². The van der Waals surface area contributed by atoms with E-state index in [4.69, 9.17) is 0 Å². The summed E-state index contributed by atoms with van der Waals surface area (Å²) in [7, 11) is 0. The van der Waals surface area contributed by atoms with Crippen molar-refractivity contribution in [3.05, 3.63) is 59.2 Å². The summed E-state index contributed by atoms with van der Waals surface area (Å²) in [6, 6.07) is 14.8. The van der Waals surface area contributed by atoms with Gasteiger partial charge in [0, 0.05) is 11.5 Å². The third-order valence-corrected chi connectivity index (χ3v) is 4.25. The van der Waals surface area contributed by atoms with Gasteiger partial charge in [0.2, 0.25) is 0 Å². The van der Waals surface area contributed by atoms with E-state index in [9.17, 15) is 4.79 Å². The molecule has 0 amide bonds. The van der Waals surface area contributed by atoms with Crippen molar-refractivity contribution in [1.82, 2.24) is 0 Å². The molecule has 20 heavy (non-hydrogen) atoms. The fourth-order valence-electron chi connectivity index (χ4n) is 3.01. The molecule has 1 unspecified atom stereocenters. The average molecular weight is 264 g/mol. The molecule has 0 aliphatic heterocycles. The van der Waals surface area contributed by atoms with Crippen LogP contribution in [0, 0.1) is 5.92 Å². The first-order valence-electron chi connectivity index (χ1n) is 7.34. The topological polar surface area (TPSA) is 17.1 Å². The predicted molar refractivity (Wildman–Crippen MR) is 83.2 cm³/mol. The van der Waals surface area contributed by atoms with E-state index in [1.54, 1.807) is 0 Å². The zero-order valence-electron chi connectivity index (χ0n) is 12.3. The van der Waals surface area contributed by atoms with E-state index in [1.165, 1.54) is 22.3 Å². The maximum absolute atomic E-state index is 12.4. The first-order chi connectivity index (χ1) is 9.58. The molecule has 1 atom stereocenters. The molecule has 0 heterocycles. The van der Waals surface area contributed by atoms with Gasteiger partial charge in [-0.1, -0.05) is 57.2 Å². The van der Waals surface area contributed by atoms with E-state index in [-0.39, 0.29) is 5.92 Å². The van der Waals surface area contributed by atoms with Gasteiger partial charge in [0.25, 0.3) is 0 Å². The first kappa shape index (κ1) is 13.1. The van der Waals surface area contributed by atoms with Crippen LogP contribution in [-0.4, -0.2) is 5.78 Å². The molecule has 0 aromatic heterocycles. The van der Waals surface area contributed by atoms with Gasteiger partial charge < -0.3 is 0 Å². The molecule has 0 radical (unpaired) electrons. The van der Waals surface area contributed by atoms with Crippen molar-refractivity contribution >= 4 is 5.78 Å². The van der Waals surface area contributed by atoms with Gasteiger partial charge in [0.15, 0.2) is 5.78 Å². The second-order valence-corrected chi connectivity index (χ2v) is 6.08. The van der Waals surface area contributed by atoms with Crippen molar-refractivity contribution < 1.29 is 4.79 Å². The molecule has 102 valence electrons. The second-order valence-electron chi connectivity index (χ2n) is 6.08. The Balaban J connectivity index is 2.24. The van der Waals surface area contributed by atoms with Crippen LogP contribution < -0.4 is 0 Å². The summed E-state index contributed by atoms with van der Waals surface area (Å²) in [5.41, 5.74) is 5.89. The van der Waals surface area contributed by atoms with Crippen LogP contribution >= 0.6 is 0 Å². The van der Waals surface area contributed by atoms with Gasteiger partial charge in [-0.25, -0.2) is 0 Å². The van der Waals surface area contributed by atoms with Crippen LogP contribution in [0.3, 0.4) is 0 Å². The summed E-state index contributed by atoms with van der Waals surface area (Å²) < 4.78 is 0. The summed E-state index contributed by atoms with van der Waals surface area (Å²) in [5, 5.41) is 0. The molecule has 0 N–H and O–H groups in total. The van der Waals surface area contributed by atoms with E-state index < -0.39 is 0 Å². The van der Waals surface area contributed by atoms with Crippen LogP contribution in [0.5, 0.6) is 0 Å². The number of hydrogen-bond acceptors (Lipinski definition) is 1. The average Bonchev–Trinajstić information content (AvgIpc) is 2.74. The van der Waals surface area contributed by atoms with Crippen molar-refractivity contribution in [2.45, 2.75) is 33.1 Å². The Bertz CT molecular complexity index is 653. The fraction of sp³-hybridized carbons (Fsp3) is 0.316. The predicted octanol–water partition coefficient (Wildman–Crippen LogP) is 4.85. The number of Topliss-reactive ketones (excluding diaryl/α,β-unsaturated/α-hetero) is 1. The molecular weight excluding hydrogens is 244 g/mol. The monoisotopic (exact) mass is 264 g/mol. The number of benzene rings is 2. The third kappa shape index (κ3) is 2.07. The van der Waals surface area contributed by atoms with Crippen molar-refractivity contribution in [2.24, 2.45) is 5.92 Å². The zero-order chi connectivity index (χ0) is 14.3. The lowest BCUT2D eigenvalue weighted by Crippen LogP contribution is -2.03. The lowest BCUT2D eigenvalue weighted by Gasteiger charge is -2.13. The molecule has 1 aliphatic carbocycles. The van der Waals surface area contributed by atoms with Gasteiger partial charge in [0.1, 0.15) is 0 Å². The Morgan fingerprint density at radius 2 is 1.70 bits per heavy atom. The second kappa shape index (κ2) is 4.90. The molecule has 1 heteroatoms. The number of hydrogen-bond donors (Lipinski definition) is 0. The Morgan fingerprint density at radius 1 is 1.05 bits per heavy atom. The molecule has 0 saturated carbocycles. The highest BCUT2D eigenvalue weighted by molar-refractivity contribution is 6.04. The van der Waals surface area contributed by atoms with E-state index in [2.05, 4.69) is 50.2 Å². The smallest absolute Gasteiger partial charge is 0.166 e. The van der Waals surface area contributed by atoms with Gasteiger partial charge in [0.05, 0.1) is 0 Å². The SMILES string of the molecule is CC1Cc2c(cc(C(C)C)cc2-c2ccccc2)C1=O. The molecular formula is C19H20O. The highest BCUT2D eigenvalue weighted by Crippen LogP contribution is 2.37. The number of carbonyl (C=O) groups is 1. The number of carbonyl (C=O) groups excluding carboxylic acids is 1. The van der Waals surface area contributed by atoms with Gasteiger partial charge in [-0.05, 0) is 40.7 Å². The Kier molecular flexibility index (Phi) is 3.21. The maximum atomic E-state index is 12.4. The lowest BCUT2D eigenvalue weighted by atomic mass is 9.90. The van der Waals surface area contributed by atoms with Crippen LogP contribution in [0.25, 0.3) is 11.1 Å². The fourth-order valence-corrected chi connectivity index (χ4v) is 3.01. The normalized spacial score (nSPS) is 17.6. The standard InChI is InChI=1S/C19H20O/c1-12(2)15-10-16(14-7-5-4-6-8-14)17-9-13(3)19(20)18(17)11-15/h4-8,10-13H,9H2,1-3H3. The minimum Gasteiger partial charge on any atom is -0.294 e. The Labute approximate surface area is 120 Å². The van der Waals surface area contributed by atoms with Gasteiger partial charge >= 0.3 is 0 Å². The van der Waals surface area contributed by atoms with Gasteiger partial charge in [-0.15, -0.1) is 0 Å². The molecule has 3 rings (SSSR count). The van der Waals surface area contributed by atoms with Gasteiger partial charge in [-0.3, -0.25) is 4.79 Å². The highest BCUT2D eigenvalue weighted by atomic mass is 16.1. The quantitative estimate of drug-likeness (QED) is 0.757. The number of rotatable bonds is 2. The van der Waals surface area contributed by atoms with E-state index in [0.29, 0.717) is 11.7 Å². The molecule has 0 bridgehead atoms. The van der Waals surface area contributed by atoms with Crippen LogP contribution in [0.1, 0.15) is 48.2 Å². The summed E-state index contributed by atoms with van der Waals surface area (Å²) in [6.45, 7) is 6.39. The van der Waals surface area contributed by atoms with Crippen molar-refractivity contribution in [2.75, 3.05) is 0 Å². The van der Waals surface area contributed by atoms with Crippen molar-refractivity contribution in [1.29, 1.82) is 0 Å². The Morgan fingerprint density at radius 3 is 2.35 bits per heavy atom. The van der Waals surface area contributed by atoms with E-state index in [1.807, 2.05) is 13.0 Å². The first-order valence-corrected chi connectivity index (χ1v) is 7.34. The molecule has 1 nitrogen and oxygen atoms in total. The Hall–Kier alpha value is -1.89. The van der Waals surface area contributed by atoms with E-state index >= 15 is 0 Å². The third-order valence-electron chi connectivity index (χ3n) is 4.25. The van der Waals surface area contributed by atoms with Crippen LogP contribution in [0.4, 0.5) is 0 Å². The van der Waals surface area contributed by atoms with Crippen molar-refractivity contribution in [3.8, 4) is 11.1 Å². The minimum absolute atomic E-state index is 0.120. The highest BCUT2D eigenvalue weighted by Gasteiger charge is 2.30. The largest absolute Gasteiger partial charge is 0.294 e. The summed E-state index contributed by atoms with van der Waals surface area (Å²) in [6.07, 6.45) is 0.872. The maximum Gasteiger partial charge on any atom is 0.166 e. The summed E-state index contributed by atoms with van der Waals surface area (Å²) in [5.74, 6) is 0.862. The molecule has 2 aromatic carbocycles. The molecule has 1 aliphatic rings. The summed E-state index contributed by atoms with van der Waals surface area (Å²) >= 11 is 0. The molecule has 0 spiro atoms. The minimum atomic E-state index is 0.120. The van der Waals surface area contributed by atoms with Crippen LogP contribution in [0.15, 0.2) is 42.5 Å². The molecule has 0 saturated heterocycles. The van der Waals surface area contributed by atoms with Gasteiger partial charge in [-0.2, -0.15) is 0 Å². The number of ketones is 1. The summed E-state index contributed by atoms with van der Waals surface area (Å²) in [4.78, 5) is 12.4. The van der Waals surface area contributed by atoms with Crippen molar-refractivity contribution in [3.63, 3.8) is 0 Å². The lowest BCUT2D eigenvalue weighted by molar-refractivity contribution is 0.0946.